The van der Waals surface area contributed by atoms with Gasteiger partial charge in [0.05, 0.1) is 0 Å². The van der Waals surface area contributed by atoms with Gasteiger partial charge < -0.3 is 5.32 Å². The molecule has 3 heteroatoms. The van der Waals surface area contributed by atoms with Crippen LogP contribution in [0.4, 0.5) is 4.39 Å². The van der Waals surface area contributed by atoms with Gasteiger partial charge in [-0.05, 0) is 44.1 Å². The fourth-order valence-corrected chi connectivity index (χ4v) is 2.11. The first-order valence-electron chi connectivity index (χ1n) is 6.67. The maximum Gasteiger partial charge on any atom is 0.193 e. The van der Waals surface area contributed by atoms with Gasteiger partial charge in [0.2, 0.25) is 0 Å². The molecular formula is C17H18FNO. The fourth-order valence-electron chi connectivity index (χ4n) is 2.11. The molecule has 0 bridgehead atoms. The van der Waals surface area contributed by atoms with Crippen molar-refractivity contribution in [2.45, 2.75) is 13.3 Å². The third-order valence-corrected chi connectivity index (χ3v) is 3.34. The highest BCUT2D eigenvalue weighted by Crippen LogP contribution is 2.17. The number of likely N-dealkylation sites (N-methyl/N-ethyl adjacent to an activating group) is 1. The minimum Gasteiger partial charge on any atom is -0.319 e. The zero-order valence-corrected chi connectivity index (χ0v) is 11.7. The maximum atomic E-state index is 13.6. The van der Waals surface area contributed by atoms with Gasteiger partial charge in [-0.15, -0.1) is 0 Å². The molecule has 0 heterocycles. The first-order chi connectivity index (χ1) is 9.63. The predicted octanol–water partition coefficient (Wildman–Crippen LogP) is 3.13. The summed E-state index contributed by atoms with van der Waals surface area (Å²) in [4.78, 5) is 12.5. The van der Waals surface area contributed by atoms with Crippen LogP contribution < -0.4 is 5.32 Å². The van der Waals surface area contributed by atoms with Crippen LogP contribution in [0.15, 0.2) is 42.5 Å². The molecule has 2 nitrogen and oxygen atoms in total. The van der Waals surface area contributed by atoms with Gasteiger partial charge in [0.1, 0.15) is 5.82 Å². The molecule has 1 N–H and O–H groups in total. The number of aryl methyl sites for hydroxylation is 1. The Labute approximate surface area is 118 Å². The maximum absolute atomic E-state index is 13.6. The number of rotatable bonds is 5. The van der Waals surface area contributed by atoms with Gasteiger partial charge in [-0.2, -0.15) is 0 Å². The van der Waals surface area contributed by atoms with E-state index < -0.39 is 0 Å². The van der Waals surface area contributed by atoms with Gasteiger partial charge >= 0.3 is 0 Å². The van der Waals surface area contributed by atoms with Gasteiger partial charge in [-0.3, -0.25) is 4.79 Å². The Hall–Kier alpha value is -2.00. The van der Waals surface area contributed by atoms with E-state index in [9.17, 15) is 9.18 Å². The van der Waals surface area contributed by atoms with Gasteiger partial charge in [0.25, 0.3) is 0 Å². The molecule has 2 aromatic carbocycles. The van der Waals surface area contributed by atoms with Crippen molar-refractivity contribution < 1.29 is 9.18 Å². The van der Waals surface area contributed by atoms with E-state index >= 15 is 0 Å². The molecule has 0 aliphatic rings. The van der Waals surface area contributed by atoms with Crippen LogP contribution in [-0.2, 0) is 6.42 Å². The summed E-state index contributed by atoms with van der Waals surface area (Å²) in [7, 11) is 1.87. The van der Waals surface area contributed by atoms with E-state index in [1.807, 2.05) is 25.2 Å². The lowest BCUT2D eigenvalue weighted by Gasteiger charge is -2.09. The number of hydrogen-bond donors (Lipinski definition) is 1. The summed E-state index contributed by atoms with van der Waals surface area (Å²) in [5.74, 6) is -0.473. The third kappa shape index (κ3) is 3.11. The zero-order valence-electron chi connectivity index (χ0n) is 11.7. The summed E-state index contributed by atoms with van der Waals surface area (Å²) < 4.78 is 13.6. The highest BCUT2D eigenvalue weighted by atomic mass is 19.1. The van der Waals surface area contributed by atoms with Crippen molar-refractivity contribution in [3.63, 3.8) is 0 Å². The van der Waals surface area contributed by atoms with E-state index in [0.717, 1.165) is 18.5 Å². The number of carbonyl (C=O) groups is 1. The predicted molar refractivity (Wildman–Crippen MR) is 78.6 cm³/mol. The number of benzene rings is 2. The van der Waals surface area contributed by atoms with Crippen molar-refractivity contribution in [2.75, 3.05) is 13.6 Å². The molecule has 20 heavy (non-hydrogen) atoms. The monoisotopic (exact) mass is 271 g/mol. The van der Waals surface area contributed by atoms with Gasteiger partial charge in [0.15, 0.2) is 5.78 Å². The minimum absolute atomic E-state index is 0.129. The summed E-state index contributed by atoms with van der Waals surface area (Å²) in [6.45, 7) is 2.48. The Balaban J connectivity index is 2.35. The Morgan fingerprint density at radius 2 is 1.95 bits per heavy atom. The van der Waals surface area contributed by atoms with Crippen molar-refractivity contribution in [3.05, 3.63) is 70.5 Å². The lowest BCUT2D eigenvalue weighted by molar-refractivity contribution is 0.103. The van der Waals surface area contributed by atoms with Crippen LogP contribution in [0.5, 0.6) is 0 Å². The van der Waals surface area contributed by atoms with Gasteiger partial charge in [-0.25, -0.2) is 4.39 Å². The van der Waals surface area contributed by atoms with Crippen LogP contribution in [0, 0.1) is 12.7 Å². The Morgan fingerprint density at radius 3 is 2.65 bits per heavy atom. The van der Waals surface area contributed by atoms with Crippen molar-refractivity contribution in [1.29, 1.82) is 0 Å². The summed E-state index contributed by atoms with van der Waals surface area (Å²) in [6.07, 6.45) is 0.771. The van der Waals surface area contributed by atoms with Crippen LogP contribution >= 0.6 is 0 Å². The molecule has 104 valence electrons. The lowest BCUT2D eigenvalue weighted by atomic mass is 9.96. The second-order valence-electron chi connectivity index (χ2n) is 4.80. The molecule has 0 aromatic heterocycles. The molecular weight excluding hydrogens is 253 g/mol. The smallest absolute Gasteiger partial charge is 0.193 e. The molecule has 0 aliphatic carbocycles. The van der Waals surface area contributed by atoms with Crippen LogP contribution in [0.2, 0.25) is 0 Å². The molecule has 0 saturated carbocycles. The first-order valence-corrected chi connectivity index (χ1v) is 6.67. The highest BCUT2D eigenvalue weighted by Gasteiger charge is 2.14. The fraction of sp³-hybridized carbons (Fsp3) is 0.235. The largest absolute Gasteiger partial charge is 0.319 e. The summed E-state index contributed by atoms with van der Waals surface area (Å²) in [5.41, 5.74) is 2.56. The van der Waals surface area contributed by atoms with E-state index in [-0.39, 0.29) is 11.6 Å². The van der Waals surface area contributed by atoms with Gasteiger partial charge in [0, 0.05) is 11.1 Å². The van der Waals surface area contributed by atoms with Crippen LogP contribution in [0.25, 0.3) is 0 Å². The molecule has 2 rings (SSSR count). The van der Waals surface area contributed by atoms with Crippen LogP contribution in [-0.4, -0.2) is 19.4 Å². The quantitative estimate of drug-likeness (QED) is 0.847. The van der Waals surface area contributed by atoms with E-state index in [1.54, 1.807) is 25.1 Å². The van der Waals surface area contributed by atoms with Crippen molar-refractivity contribution in [3.8, 4) is 0 Å². The van der Waals surface area contributed by atoms with Crippen molar-refractivity contribution >= 4 is 5.78 Å². The standard InChI is InChI=1S/C17H18FNO/c1-12-7-8-14(11-16(12)18)17(20)15-6-4-3-5-13(15)9-10-19-2/h3-8,11,19H,9-10H2,1-2H3. The normalized spacial score (nSPS) is 10.6. The van der Waals surface area contributed by atoms with Crippen molar-refractivity contribution in [1.82, 2.24) is 5.32 Å². The SMILES string of the molecule is CNCCc1ccccc1C(=O)c1ccc(C)c(F)c1. The molecule has 0 aliphatic heterocycles. The second-order valence-corrected chi connectivity index (χ2v) is 4.80. The summed E-state index contributed by atoms with van der Waals surface area (Å²) >= 11 is 0. The number of ketones is 1. The Kier molecular flexibility index (Phi) is 4.64. The molecule has 0 spiro atoms. The Morgan fingerprint density at radius 1 is 1.20 bits per heavy atom. The average Bonchev–Trinajstić information content (AvgIpc) is 2.47. The molecule has 0 amide bonds. The first kappa shape index (κ1) is 14.4. The number of nitrogens with one attached hydrogen (secondary N) is 1. The molecule has 0 saturated heterocycles. The van der Waals surface area contributed by atoms with E-state index in [1.165, 1.54) is 6.07 Å². The van der Waals surface area contributed by atoms with Gasteiger partial charge in [-0.1, -0.05) is 36.4 Å². The highest BCUT2D eigenvalue weighted by molar-refractivity contribution is 6.09. The van der Waals surface area contributed by atoms with E-state index in [4.69, 9.17) is 0 Å². The molecule has 0 fully saturated rings. The number of carbonyl (C=O) groups excluding carboxylic acids is 1. The Bertz CT molecular complexity index is 622. The molecule has 0 radical (unpaired) electrons. The van der Waals surface area contributed by atoms with E-state index in [2.05, 4.69) is 5.32 Å². The topological polar surface area (TPSA) is 29.1 Å². The van der Waals surface area contributed by atoms with Crippen LogP contribution in [0.1, 0.15) is 27.0 Å². The number of halogens is 1. The van der Waals surface area contributed by atoms with E-state index in [0.29, 0.717) is 16.7 Å². The summed E-state index contributed by atoms with van der Waals surface area (Å²) in [5, 5.41) is 3.07. The molecule has 0 atom stereocenters. The second kappa shape index (κ2) is 6.44. The molecule has 2 aromatic rings. The zero-order chi connectivity index (χ0) is 14.5. The van der Waals surface area contributed by atoms with Crippen LogP contribution in [0.3, 0.4) is 0 Å². The minimum atomic E-state index is -0.344. The average molecular weight is 271 g/mol. The lowest BCUT2D eigenvalue weighted by Crippen LogP contribution is -2.13. The van der Waals surface area contributed by atoms with Crippen molar-refractivity contribution in [2.24, 2.45) is 0 Å². The summed E-state index contributed by atoms with van der Waals surface area (Å²) in [6, 6.07) is 12.1. The third-order valence-electron chi connectivity index (χ3n) is 3.34. The molecule has 0 unspecified atom stereocenters. The number of hydrogen-bond acceptors (Lipinski definition) is 2.